The molecule has 0 aliphatic carbocycles. The molecule has 0 unspecified atom stereocenters. The monoisotopic (exact) mass is 423 g/mol. The zero-order valence-corrected chi connectivity index (χ0v) is 17.5. The lowest BCUT2D eigenvalue weighted by molar-refractivity contribution is 0.0600. The summed E-state index contributed by atoms with van der Waals surface area (Å²) in [4.78, 5) is 24.5. The summed E-state index contributed by atoms with van der Waals surface area (Å²) in [5, 5.41) is 14.2. The Hall–Kier alpha value is -2.65. The summed E-state index contributed by atoms with van der Waals surface area (Å²) >= 11 is 0. The SMILES string of the molecule is COC(=O)c1ccc(OC(C)C)c(NC(=O)c2cn(C3CCNCC3)nn2)c1.Cl. The van der Waals surface area contributed by atoms with Crippen molar-refractivity contribution in [2.45, 2.75) is 38.8 Å². The van der Waals surface area contributed by atoms with E-state index in [1.54, 1.807) is 23.0 Å². The molecule has 1 aliphatic heterocycles. The molecule has 3 rings (SSSR count). The first-order valence-electron chi connectivity index (χ1n) is 9.31. The van der Waals surface area contributed by atoms with Crippen molar-refractivity contribution in [3.63, 3.8) is 0 Å². The molecule has 1 saturated heterocycles. The third-order valence-corrected chi connectivity index (χ3v) is 4.44. The number of methoxy groups -OCH3 is 1. The van der Waals surface area contributed by atoms with E-state index in [4.69, 9.17) is 9.47 Å². The van der Waals surface area contributed by atoms with Gasteiger partial charge in [0.2, 0.25) is 0 Å². The molecular formula is C19H26ClN5O4. The number of halogens is 1. The fourth-order valence-corrected chi connectivity index (χ4v) is 3.05. The molecule has 2 heterocycles. The van der Waals surface area contributed by atoms with Gasteiger partial charge in [-0.1, -0.05) is 5.21 Å². The predicted molar refractivity (Wildman–Crippen MR) is 110 cm³/mol. The molecule has 10 heteroatoms. The summed E-state index contributed by atoms with van der Waals surface area (Å²) in [5.41, 5.74) is 0.891. The van der Waals surface area contributed by atoms with Crippen LogP contribution in [0.25, 0.3) is 0 Å². The number of hydrogen-bond donors (Lipinski definition) is 2. The van der Waals surface area contributed by atoms with E-state index < -0.39 is 11.9 Å². The van der Waals surface area contributed by atoms with Gasteiger partial charge in [-0.25, -0.2) is 9.48 Å². The highest BCUT2D eigenvalue weighted by Crippen LogP contribution is 2.28. The van der Waals surface area contributed by atoms with Crippen LogP contribution in [-0.4, -0.2) is 53.2 Å². The first kappa shape index (κ1) is 22.6. The topological polar surface area (TPSA) is 107 Å². The van der Waals surface area contributed by atoms with Crippen LogP contribution in [0.4, 0.5) is 5.69 Å². The minimum Gasteiger partial charge on any atom is -0.489 e. The first-order valence-corrected chi connectivity index (χ1v) is 9.31. The highest BCUT2D eigenvalue weighted by Gasteiger charge is 2.20. The van der Waals surface area contributed by atoms with Crippen LogP contribution in [0.5, 0.6) is 5.75 Å². The molecule has 158 valence electrons. The Labute approximate surface area is 175 Å². The smallest absolute Gasteiger partial charge is 0.337 e. The van der Waals surface area contributed by atoms with Gasteiger partial charge in [0.05, 0.1) is 36.7 Å². The second-order valence-electron chi connectivity index (χ2n) is 6.89. The van der Waals surface area contributed by atoms with Gasteiger partial charge in [-0.05, 0) is 58.0 Å². The normalized spacial score (nSPS) is 14.2. The van der Waals surface area contributed by atoms with Crippen LogP contribution in [0, 0.1) is 0 Å². The van der Waals surface area contributed by atoms with E-state index in [1.165, 1.54) is 13.2 Å². The van der Waals surface area contributed by atoms with E-state index in [1.807, 2.05) is 13.8 Å². The molecule has 1 aromatic heterocycles. The number of anilines is 1. The number of amides is 1. The van der Waals surface area contributed by atoms with Crippen LogP contribution in [0.1, 0.15) is 53.6 Å². The number of carbonyl (C=O) groups is 2. The number of nitrogens with one attached hydrogen (secondary N) is 2. The fraction of sp³-hybridized carbons (Fsp3) is 0.474. The number of ether oxygens (including phenoxy) is 2. The third-order valence-electron chi connectivity index (χ3n) is 4.44. The molecule has 1 fully saturated rings. The van der Waals surface area contributed by atoms with Crippen molar-refractivity contribution in [2.24, 2.45) is 0 Å². The van der Waals surface area contributed by atoms with Crippen LogP contribution < -0.4 is 15.4 Å². The van der Waals surface area contributed by atoms with Crippen LogP contribution >= 0.6 is 12.4 Å². The molecule has 0 bridgehead atoms. The van der Waals surface area contributed by atoms with E-state index >= 15 is 0 Å². The number of carbonyl (C=O) groups excluding carboxylic acids is 2. The summed E-state index contributed by atoms with van der Waals surface area (Å²) in [5.74, 6) is -0.457. The van der Waals surface area contributed by atoms with Gasteiger partial charge < -0.3 is 20.1 Å². The lowest BCUT2D eigenvalue weighted by Crippen LogP contribution is -2.29. The maximum absolute atomic E-state index is 12.7. The molecule has 0 atom stereocenters. The van der Waals surface area contributed by atoms with Gasteiger partial charge in [-0.15, -0.1) is 17.5 Å². The first-order chi connectivity index (χ1) is 13.5. The molecular weight excluding hydrogens is 398 g/mol. The van der Waals surface area contributed by atoms with Gasteiger partial charge >= 0.3 is 5.97 Å². The molecule has 0 spiro atoms. The molecule has 0 saturated carbocycles. The largest absolute Gasteiger partial charge is 0.489 e. The second-order valence-corrected chi connectivity index (χ2v) is 6.89. The summed E-state index contributed by atoms with van der Waals surface area (Å²) in [7, 11) is 1.30. The molecule has 1 aliphatic rings. The third kappa shape index (κ3) is 5.68. The highest BCUT2D eigenvalue weighted by atomic mass is 35.5. The average molecular weight is 424 g/mol. The standard InChI is InChI=1S/C19H25N5O4.ClH/c1-12(2)28-17-5-4-13(19(26)27-3)10-15(17)21-18(25)16-11-24(23-22-16)14-6-8-20-9-7-14;/h4-5,10-12,14,20H,6-9H2,1-3H3,(H,21,25);1H. The number of aromatic nitrogens is 3. The van der Waals surface area contributed by atoms with Crippen LogP contribution in [0.15, 0.2) is 24.4 Å². The number of benzene rings is 1. The molecule has 0 radical (unpaired) electrons. The number of hydrogen-bond acceptors (Lipinski definition) is 7. The Morgan fingerprint density at radius 1 is 1.28 bits per heavy atom. The Bertz CT molecular complexity index is 849. The molecule has 29 heavy (non-hydrogen) atoms. The number of piperidine rings is 1. The van der Waals surface area contributed by atoms with Crippen molar-refractivity contribution in [2.75, 3.05) is 25.5 Å². The van der Waals surface area contributed by atoms with Crippen LogP contribution in [-0.2, 0) is 4.74 Å². The molecule has 2 aromatic rings. The zero-order chi connectivity index (χ0) is 20.1. The minimum atomic E-state index is -0.497. The average Bonchev–Trinajstić information content (AvgIpc) is 3.19. The van der Waals surface area contributed by atoms with E-state index in [2.05, 4.69) is 20.9 Å². The second kappa shape index (κ2) is 10.2. The van der Waals surface area contributed by atoms with Gasteiger partial charge in [-0.3, -0.25) is 4.79 Å². The minimum absolute atomic E-state index is 0. The number of rotatable bonds is 6. The van der Waals surface area contributed by atoms with Gasteiger partial charge in [-0.2, -0.15) is 0 Å². The highest BCUT2D eigenvalue weighted by molar-refractivity contribution is 6.04. The molecule has 9 nitrogen and oxygen atoms in total. The van der Waals surface area contributed by atoms with Crippen LogP contribution in [0.3, 0.4) is 0 Å². The van der Waals surface area contributed by atoms with Gasteiger partial charge in [0.1, 0.15) is 5.75 Å². The quantitative estimate of drug-likeness (QED) is 0.687. The van der Waals surface area contributed by atoms with Crippen molar-refractivity contribution < 1.29 is 19.1 Å². The van der Waals surface area contributed by atoms with Gasteiger partial charge in [0.15, 0.2) is 5.69 Å². The molecule has 1 amide bonds. The van der Waals surface area contributed by atoms with Crippen molar-refractivity contribution in [3.05, 3.63) is 35.7 Å². The fourth-order valence-electron chi connectivity index (χ4n) is 3.05. The maximum atomic E-state index is 12.7. The van der Waals surface area contributed by atoms with Gasteiger partial charge in [0.25, 0.3) is 5.91 Å². The summed E-state index contributed by atoms with van der Waals surface area (Å²) in [6, 6.07) is 4.98. The summed E-state index contributed by atoms with van der Waals surface area (Å²) < 4.78 is 12.2. The van der Waals surface area contributed by atoms with Crippen LogP contribution in [0.2, 0.25) is 0 Å². The Morgan fingerprint density at radius 2 is 2.00 bits per heavy atom. The van der Waals surface area contributed by atoms with Crippen molar-refractivity contribution in [3.8, 4) is 5.75 Å². The zero-order valence-electron chi connectivity index (χ0n) is 16.7. The van der Waals surface area contributed by atoms with Crippen molar-refractivity contribution in [1.29, 1.82) is 0 Å². The van der Waals surface area contributed by atoms with Crippen molar-refractivity contribution in [1.82, 2.24) is 20.3 Å². The van der Waals surface area contributed by atoms with E-state index in [9.17, 15) is 9.59 Å². The summed E-state index contributed by atoms with van der Waals surface area (Å²) in [6.45, 7) is 5.60. The van der Waals surface area contributed by atoms with E-state index in [0.717, 1.165) is 25.9 Å². The Morgan fingerprint density at radius 3 is 2.66 bits per heavy atom. The summed E-state index contributed by atoms with van der Waals surface area (Å²) in [6.07, 6.45) is 3.44. The molecule has 1 aromatic carbocycles. The number of esters is 1. The lowest BCUT2D eigenvalue weighted by Gasteiger charge is -2.22. The number of nitrogens with zero attached hydrogens (tertiary/aromatic N) is 3. The predicted octanol–water partition coefficient (Wildman–Crippen LogP) is 2.45. The Balaban J connectivity index is 0.00000300. The van der Waals surface area contributed by atoms with E-state index in [-0.39, 0.29) is 30.2 Å². The maximum Gasteiger partial charge on any atom is 0.337 e. The molecule has 2 N–H and O–H groups in total. The lowest BCUT2D eigenvalue weighted by atomic mass is 10.1. The Kier molecular flexibility index (Phi) is 7.98. The van der Waals surface area contributed by atoms with E-state index in [0.29, 0.717) is 17.0 Å². The van der Waals surface area contributed by atoms with Crippen molar-refractivity contribution >= 4 is 30.0 Å². The van der Waals surface area contributed by atoms with Gasteiger partial charge in [0, 0.05) is 0 Å².